The molecule has 0 aliphatic rings. The monoisotopic (exact) mass is 239 g/mol. The van der Waals surface area contributed by atoms with Gasteiger partial charge in [0.05, 0.1) is 12.2 Å². The van der Waals surface area contributed by atoms with Gasteiger partial charge < -0.3 is 20.2 Å². The number of carbonyl (C=O) groups excluding carboxylic acids is 1. The van der Waals surface area contributed by atoms with Crippen molar-refractivity contribution in [1.29, 1.82) is 0 Å². The van der Waals surface area contributed by atoms with Crippen molar-refractivity contribution in [3.8, 4) is 11.5 Å². The molecule has 0 aromatic heterocycles. The van der Waals surface area contributed by atoms with Gasteiger partial charge >= 0.3 is 0 Å². The van der Waals surface area contributed by atoms with E-state index >= 15 is 0 Å². The minimum absolute atomic E-state index is 0.0344. The number of phenols is 2. The second-order valence-corrected chi connectivity index (χ2v) is 3.99. The zero-order chi connectivity index (χ0) is 13.0. The molecule has 0 spiro atoms. The Morgan fingerprint density at radius 1 is 1.35 bits per heavy atom. The number of phenolic OH excluding ortho intramolecular Hbond substituents is 2. The van der Waals surface area contributed by atoms with Gasteiger partial charge in [-0.1, -0.05) is 6.07 Å². The summed E-state index contributed by atoms with van der Waals surface area (Å²) in [4.78, 5) is 13.5. The van der Waals surface area contributed by atoms with Crippen molar-refractivity contribution >= 4 is 5.91 Å². The number of nitrogens with zero attached hydrogens (tertiary/aromatic N) is 1. The standard InChI is InChI=1S/C12H17NO4/c1-8(2)13(6-7-14)12(17)9-4-3-5-10(15)11(9)16/h3-5,8,14-16H,6-7H2,1-2H3. The summed E-state index contributed by atoms with van der Waals surface area (Å²) in [6.07, 6.45) is 0. The highest BCUT2D eigenvalue weighted by Crippen LogP contribution is 2.29. The molecule has 0 radical (unpaired) electrons. The van der Waals surface area contributed by atoms with Gasteiger partial charge in [0.1, 0.15) is 0 Å². The third-order valence-corrected chi connectivity index (χ3v) is 2.47. The number of aliphatic hydroxyl groups excluding tert-OH is 1. The molecular weight excluding hydrogens is 222 g/mol. The van der Waals surface area contributed by atoms with Crippen molar-refractivity contribution < 1.29 is 20.1 Å². The van der Waals surface area contributed by atoms with Crippen LogP contribution >= 0.6 is 0 Å². The van der Waals surface area contributed by atoms with E-state index in [-0.39, 0.29) is 30.5 Å². The van der Waals surface area contributed by atoms with E-state index in [0.717, 1.165) is 0 Å². The fraction of sp³-hybridized carbons (Fsp3) is 0.417. The number of rotatable bonds is 4. The van der Waals surface area contributed by atoms with Crippen LogP contribution in [0.4, 0.5) is 0 Å². The molecule has 0 heterocycles. The number of carbonyl (C=O) groups is 1. The van der Waals surface area contributed by atoms with Gasteiger partial charge in [0.2, 0.25) is 0 Å². The number of aromatic hydroxyl groups is 2. The zero-order valence-electron chi connectivity index (χ0n) is 9.92. The van der Waals surface area contributed by atoms with E-state index in [2.05, 4.69) is 0 Å². The summed E-state index contributed by atoms with van der Waals surface area (Å²) in [6.45, 7) is 3.66. The first kappa shape index (κ1) is 13.3. The van der Waals surface area contributed by atoms with Crippen molar-refractivity contribution in [2.24, 2.45) is 0 Å². The van der Waals surface area contributed by atoms with E-state index in [1.54, 1.807) is 0 Å². The lowest BCUT2D eigenvalue weighted by Crippen LogP contribution is -2.39. The van der Waals surface area contributed by atoms with Crippen molar-refractivity contribution in [2.45, 2.75) is 19.9 Å². The SMILES string of the molecule is CC(C)N(CCO)C(=O)c1cccc(O)c1O. The Hall–Kier alpha value is -1.75. The molecular formula is C12H17NO4. The Balaban J connectivity index is 3.05. The van der Waals surface area contributed by atoms with Crippen LogP contribution < -0.4 is 0 Å². The van der Waals surface area contributed by atoms with E-state index < -0.39 is 11.7 Å². The van der Waals surface area contributed by atoms with Gasteiger partial charge in [0.25, 0.3) is 5.91 Å². The van der Waals surface area contributed by atoms with Crippen LogP contribution in [0.3, 0.4) is 0 Å². The topological polar surface area (TPSA) is 81.0 Å². The van der Waals surface area contributed by atoms with Crippen molar-refractivity contribution in [1.82, 2.24) is 4.90 Å². The third-order valence-electron chi connectivity index (χ3n) is 2.47. The van der Waals surface area contributed by atoms with Gasteiger partial charge in [-0.3, -0.25) is 4.79 Å². The largest absolute Gasteiger partial charge is 0.504 e. The van der Waals surface area contributed by atoms with Gasteiger partial charge in [-0.25, -0.2) is 0 Å². The first-order valence-electron chi connectivity index (χ1n) is 5.41. The first-order chi connectivity index (χ1) is 7.99. The Bertz CT molecular complexity index is 403. The normalized spacial score (nSPS) is 10.6. The smallest absolute Gasteiger partial charge is 0.258 e. The van der Waals surface area contributed by atoms with E-state index in [4.69, 9.17) is 5.11 Å². The zero-order valence-corrected chi connectivity index (χ0v) is 9.92. The van der Waals surface area contributed by atoms with Crippen LogP contribution in [0, 0.1) is 0 Å². The maximum atomic E-state index is 12.1. The third kappa shape index (κ3) is 2.88. The van der Waals surface area contributed by atoms with Crippen molar-refractivity contribution in [3.63, 3.8) is 0 Å². The number of benzene rings is 1. The van der Waals surface area contributed by atoms with Crippen LogP contribution in [-0.4, -0.2) is 45.3 Å². The molecule has 0 atom stereocenters. The van der Waals surface area contributed by atoms with Crippen molar-refractivity contribution in [2.75, 3.05) is 13.2 Å². The second-order valence-electron chi connectivity index (χ2n) is 3.99. The van der Waals surface area contributed by atoms with Crippen molar-refractivity contribution in [3.05, 3.63) is 23.8 Å². The minimum Gasteiger partial charge on any atom is -0.504 e. The van der Waals surface area contributed by atoms with Crippen LogP contribution in [0.2, 0.25) is 0 Å². The Morgan fingerprint density at radius 2 is 2.00 bits per heavy atom. The molecule has 1 aromatic carbocycles. The number of para-hydroxylation sites is 1. The molecule has 17 heavy (non-hydrogen) atoms. The molecule has 1 amide bonds. The van der Waals surface area contributed by atoms with Crippen LogP contribution in [-0.2, 0) is 0 Å². The lowest BCUT2D eigenvalue weighted by molar-refractivity contribution is 0.0661. The minimum atomic E-state index is -0.430. The molecule has 3 N–H and O–H groups in total. The molecule has 0 aliphatic carbocycles. The summed E-state index contributed by atoms with van der Waals surface area (Å²) in [5.74, 6) is -1.17. The predicted molar refractivity (Wildman–Crippen MR) is 63.0 cm³/mol. The Kier molecular flexibility index (Phi) is 4.34. The lowest BCUT2D eigenvalue weighted by atomic mass is 10.1. The highest BCUT2D eigenvalue weighted by atomic mass is 16.3. The second kappa shape index (κ2) is 5.54. The fourth-order valence-electron chi connectivity index (χ4n) is 1.56. The average molecular weight is 239 g/mol. The van der Waals surface area contributed by atoms with Crippen LogP contribution in [0.15, 0.2) is 18.2 Å². The number of aliphatic hydroxyl groups is 1. The molecule has 5 heteroatoms. The van der Waals surface area contributed by atoms with Gasteiger partial charge in [-0.05, 0) is 26.0 Å². The maximum absolute atomic E-state index is 12.1. The highest BCUT2D eigenvalue weighted by Gasteiger charge is 2.22. The van der Waals surface area contributed by atoms with Gasteiger partial charge in [0, 0.05) is 12.6 Å². The molecule has 0 saturated heterocycles. The van der Waals surface area contributed by atoms with Gasteiger partial charge in [0.15, 0.2) is 11.5 Å². The van der Waals surface area contributed by atoms with E-state index in [9.17, 15) is 15.0 Å². The maximum Gasteiger partial charge on any atom is 0.258 e. The molecule has 1 aromatic rings. The quantitative estimate of drug-likeness (QED) is 0.683. The summed E-state index contributed by atoms with van der Waals surface area (Å²) in [6, 6.07) is 4.12. The molecule has 0 aliphatic heterocycles. The van der Waals surface area contributed by atoms with Crippen LogP contribution in [0.1, 0.15) is 24.2 Å². The number of hydrogen-bond donors (Lipinski definition) is 3. The fourth-order valence-corrected chi connectivity index (χ4v) is 1.56. The lowest BCUT2D eigenvalue weighted by Gasteiger charge is -2.26. The van der Waals surface area contributed by atoms with Gasteiger partial charge in [-0.15, -0.1) is 0 Å². The van der Waals surface area contributed by atoms with E-state index in [1.165, 1.54) is 23.1 Å². The molecule has 94 valence electrons. The summed E-state index contributed by atoms with van der Waals surface area (Å²) < 4.78 is 0. The molecule has 0 fully saturated rings. The Morgan fingerprint density at radius 3 is 2.53 bits per heavy atom. The molecule has 0 saturated carbocycles. The summed E-state index contributed by atoms with van der Waals surface area (Å²) in [7, 11) is 0. The van der Waals surface area contributed by atoms with E-state index in [0.29, 0.717) is 0 Å². The summed E-state index contributed by atoms with van der Waals surface area (Å²) in [5, 5.41) is 27.8. The van der Waals surface area contributed by atoms with E-state index in [1.807, 2.05) is 13.8 Å². The predicted octanol–water partition coefficient (Wildman–Crippen LogP) is 0.941. The number of hydrogen-bond acceptors (Lipinski definition) is 4. The average Bonchev–Trinajstić information content (AvgIpc) is 2.28. The van der Waals surface area contributed by atoms with Gasteiger partial charge in [-0.2, -0.15) is 0 Å². The molecule has 0 unspecified atom stereocenters. The molecule has 0 bridgehead atoms. The van der Waals surface area contributed by atoms with Crippen LogP contribution in [0.25, 0.3) is 0 Å². The molecule has 1 rings (SSSR count). The summed E-state index contributed by atoms with van der Waals surface area (Å²) in [5.41, 5.74) is 0.0344. The molecule has 5 nitrogen and oxygen atoms in total. The Labute approximate surface area is 99.9 Å². The first-order valence-corrected chi connectivity index (χ1v) is 5.41. The highest BCUT2D eigenvalue weighted by molar-refractivity contribution is 5.97. The number of amides is 1. The summed E-state index contributed by atoms with van der Waals surface area (Å²) >= 11 is 0. The van der Waals surface area contributed by atoms with Crippen LogP contribution in [0.5, 0.6) is 11.5 Å².